The van der Waals surface area contributed by atoms with Crippen LogP contribution in [0.3, 0.4) is 0 Å². The molecule has 0 saturated carbocycles. The van der Waals surface area contributed by atoms with E-state index >= 15 is 0 Å². The normalized spacial score (nSPS) is 21.5. The molecule has 0 aromatic carbocycles. The van der Waals surface area contributed by atoms with Crippen LogP contribution in [0.2, 0.25) is 12.1 Å². The van der Waals surface area contributed by atoms with Crippen LogP contribution in [0.25, 0.3) is 0 Å². The Labute approximate surface area is 34.5 Å². The van der Waals surface area contributed by atoms with E-state index in [1.54, 1.807) is 0 Å². The Balaban J connectivity index is 2.60. The van der Waals surface area contributed by atoms with Gasteiger partial charge in [0.15, 0.2) is 0 Å². The van der Waals surface area contributed by atoms with Crippen molar-refractivity contribution in [1.29, 1.82) is 0 Å². The second-order valence-electron chi connectivity index (χ2n) is 1.04. The summed E-state index contributed by atoms with van der Waals surface area (Å²) in [5.74, 6) is 0. The summed E-state index contributed by atoms with van der Waals surface area (Å²) < 4.78 is 0. The molecule has 0 aliphatic carbocycles. The Kier molecular flexibility index (Phi) is 0.626. The van der Waals surface area contributed by atoms with Crippen molar-refractivity contribution in [2.24, 2.45) is 0 Å². The predicted molar refractivity (Wildman–Crippen MR) is 21.1 cm³/mol. The minimum atomic E-state index is 0.245. The molecule has 22 valence electrons. The van der Waals surface area contributed by atoms with Crippen LogP contribution in [0.15, 0.2) is 0 Å². The first-order chi connectivity index (χ1) is 1.89. The zero-order chi connectivity index (χ0) is 2.99. The standard InChI is InChI=1S/C2H4SeSi/c3-4-1-2-4/h1-2H2. The summed E-state index contributed by atoms with van der Waals surface area (Å²) in [6.07, 6.45) is 0. The molecule has 1 fully saturated rings. The molecule has 0 N–H and O–H groups in total. The number of hydrogen-bond acceptors (Lipinski definition) is 0. The second kappa shape index (κ2) is 0.850. The average Bonchev–Trinajstić information content (AvgIpc) is 1.75. The molecule has 0 amide bonds. The van der Waals surface area contributed by atoms with Gasteiger partial charge in [-0.3, -0.25) is 0 Å². The third-order valence-corrected chi connectivity index (χ3v) is 3.93. The average molecular weight is 135 g/mol. The van der Waals surface area contributed by atoms with E-state index in [2.05, 4.69) is 14.9 Å². The Hall–Kier alpha value is 0.736. The Morgan fingerprint density at radius 1 is 1.50 bits per heavy atom. The fourth-order valence-corrected chi connectivity index (χ4v) is 2.39. The van der Waals surface area contributed by atoms with Crippen molar-refractivity contribution in [2.45, 2.75) is 12.1 Å². The maximum atomic E-state index is 3.12. The molecule has 1 saturated heterocycles. The van der Waals surface area contributed by atoms with Crippen molar-refractivity contribution in [3.8, 4) is 0 Å². The topological polar surface area (TPSA) is 0 Å². The van der Waals surface area contributed by atoms with Crippen molar-refractivity contribution < 1.29 is 0 Å². The SMILES string of the molecule is [Se]=[Si]1CC1. The number of hydrogen-bond donors (Lipinski definition) is 0. The van der Waals surface area contributed by atoms with E-state index in [9.17, 15) is 0 Å². The maximum absolute atomic E-state index is 3.12. The first-order valence-corrected chi connectivity index (χ1v) is 5.80. The van der Waals surface area contributed by atoms with Gasteiger partial charge in [0.1, 0.15) is 0 Å². The summed E-state index contributed by atoms with van der Waals surface area (Å²) in [6, 6.07) is 3.06. The van der Waals surface area contributed by atoms with Crippen LogP contribution >= 0.6 is 0 Å². The molecule has 0 nitrogen and oxygen atoms in total. The van der Waals surface area contributed by atoms with E-state index in [0.29, 0.717) is 0 Å². The molecule has 0 radical (unpaired) electrons. The molecule has 1 rings (SSSR count). The van der Waals surface area contributed by atoms with Crippen LogP contribution in [0.1, 0.15) is 0 Å². The molecule has 4 heavy (non-hydrogen) atoms. The van der Waals surface area contributed by atoms with E-state index in [-0.39, 0.29) is 6.94 Å². The molecule has 1 aliphatic heterocycles. The van der Waals surface area contributed by atoms with E-state index in [1.165, 1.54) is 12.1 Å². The Morgan fingerprint density at radius 3 is 1.75 bits per heavy atom. The van der Waals surface area contributed by atoms with Gasteiger partial charge in [-0.25, -0.2) is 0 Å². The molecule has 1 aliphatic rings. The second-order valence-corrected chi connectivity index (χ2v) is 6.75. The monoisotopic (exact) mass is 136 g/mol. The van der Waals surface area contributed by atoms with E-state index in [1.807, 2.05) is 0 Å². The molecule has 0 atom stereocenters. The van der Waals surface area contributed by atoms with Gasteiger partial charge in [-0.15, -0.1) is 0 Å². The van der Waals surface area contributed by atoms with Crippen LogP contribution in [0, 0.1) is 0 Å². The van der Waals surface area contributed by atoms with E-state index in [4.69, 9.17) is 0 Å². The fraction of sp³-hybridized carbons (Fsp3) is 1.00. The van der Waals surface area contributed by atoms with Gasteiger partial charge in [-0.1, -0.05) is 0 Å². The molecule has 0 bridgehead atoms. The minimum absolute atomic E-state index is 0.245. The Morgan fingerprint density at radius 2 is 1.75 bits per heavy atom. The van der Waals surface area contributed by atoms with Crippen LogP contribution < -0.4 is 0 Å². The molecule has 0 aromatic heterocycles. The van der Waals surface area contributed by atoms with E-state index < -0.39 is 0 Å². The van der Waals surface area contributed by atoms with Gasteiger partial charge in [-0.2, -0.15) is 0 Å². The van der Waals surface area contributed by atoms with Gasteiger partial charge in [0.05, 0.1) is 0 Å². The van der Waals surface area contributed by atoms with Gasteiger partial charge in [0, 0.05) is 0 Å². The summed E-state index contributed by atoms with van der Waals surface area (Å²) in [7, 11) is 0. The molecule has 0 unspecified atom stereocenters. The summed E-state index contributed by atoms with van der Waals surface area (Å²) >= 11 is 3.12. The first-order valence-electron chi connectivity index (χ1n) is 1.41. The van der Waals surface area contributed by atoms with Crippen molar-refractivity contribution in [1.82, 2.24) is 0 Å². The fourth-order valence-electron chi connectivity index (χ4n) is 0.0510. The third kappa shape index (κ3) is 0.591. The van der Waals surface area contributed by atoms with Crippen molar-refractivity contribution in [3.63, 3.8) is 0 Å². The van der Waals surface area contributed by atoms with Crippen molar-refractivity contribution in [2.75, 3.05) is 0 Å². The molecular weight excluding hydrogens is 131 g/mol. The zero-order valence-electron chi connectivity index (χ0n) is 2.32. The summed E-state index contributed by atoms with van der Waals surface area (Å²) in [6.45, 7) is 0.245. The molecule has 0 spiro atoms. The van der Waals surface area contributed by atoms with Gasteiger partial charge in [-0.05, 0) is 0 Å². The first kappa shape index (κ1) is 2.95. The summed E-state index contributed by atoms with van der Waals surface area (Å²) in [5, 5.41) is 0. The molecule has 2 heteroatoms. The van der Waals surface area contributed by atoms with Crippen LogP contribution in [-0.2, 0) is 0 Å². The van der Waals surface area contributed by atoms with Crippen LogP contribution in [0.4, 0.5) is 0 Å². The Bertz CT molecular complexity index is 44.0. The van der Waals surface area contributed by atoms with E-state index in [0.717, 1.165) is 0 Å². The number of rotatable bonds is 0. The predicted octanol–water partition coefficient (Wildman–Crippen LogP) is 0.160. The summed E-state index contributed by atoms with van der Waals surface area (Å²) in [5.41, 5.74) is 0. The van der Waals surface area contributed by atoms with Gasteiger partial charge in [0.2, 0.25) is 0 Å². The van der Waals surface area contributed by atoms with Crippen LogP contribution in [0.5, 0.6) is 0 Å². The van der Waals surface area contributed by atoms with Crippen molar-refractivity contribution in [3.05, 3.63) is 0 Å². The third-order valence-electron chi connectivity index (χ3n) is 0.454. The van der Waals surface area contributed by atoms with Gasteiger partial charge < -0.3 is 0 Å². The molecule has 1 heterocycles. The molecular formula is C2H4SeSi. The van der Waals surface area contributed by atoms with Gasteiger partial charge in [0.25, 0.3) is 0 Å². The van der Waals surface area contributed by atoms with Gasteiger partial charge >= 0.3 is 33.9 Å². The van der Waals surface area contributed by atoms with Crippen molar-refractivity contribution >= 4 is 21.8 Å². The van der Waals surface area contributed by atoms with Crippen LogP contribution in [-0.4, -0.2) is 21.8 Å². The molecule has 0 aromatic rings. The summed E-state index contributed by atoms with van der Waals surface area (Å²) in [4.78, 5) is 0. The zero-order valence-corrected chi connectivity index (χ0v) is 5.04. The quantitative estimate of drug-likeness (QED) is 0.415.